The number of carbonyl (C=O) groups is 1. The number of para-hydroxylation sites is 1. The molecular weight excluding hydrogens is 371 g/mol. The maximum atomic E-state index is 13.4. The van der Waals surface area contributed by atoms with Gasteiger partial charge in [-0.3, -0.25) is 4.79 Å². The molecule has 0 aliphatic carbocycles. The average Bonchev–Trinajstić information content (AvgIpc) is 3.12. The Bertz CT molecular complexity index is 946. The molecule has 2 heterocycles. The van der Waals surface area contributed by atoms with Gasteiger partial charge in [0.05, 0.1) is 4.90 Å². The van der Waals surface area contributed by atoms with Crippen LogP contribution >= 0.6 is 0 Å². The van der Waals surface area contributed by atoms with Crippen molar-refractivity contribution in [3.63, 3.8) is 0 Å². The molecule has 2 aromatic carbocycles. The Morgan fingerprint density at radius 2 is 1.78 bits per heavy atom. The minimum Gasteiger partial charge on any atom is -0.480 e. The van der Waals surface area contributed by atoms with E-state index in [1.807, 2.05) is 24.3 Å². The predicted octanol–water partition coefficient (Wildman–Crippen LogP) is 1.66. The van der Waals surface area contributed by atoms with E-state index in [-0.39, 0.29) is 37.0 Å². The van der Waals surface area contributed by atoms with Crippen LogP contribution in [0.1, 0.15) is 5.56 Å². The van der Waals surface area contributed by atoms with Crippen LogP contribution in [0, 0.1) is 5.82 Å². The molecule has 0 saturated carbocycles. The third-order valence-electron chi connectivity index (χ3n) is 4.91. The fourth-order valence-corrected chi connectivity index (χ4v) is 4.90. The van der Waals surface area contributed by atoms with Crippen LogP contribution in [-0.4, -0.2) is 55.8 Å². The standard InChI is InChI=1S/C19H19FN2O4S/c20-15-5-3-6-16(13-15)27(24,25)22-10-8-21(9-11-22)19(23)18-12-14-4-1-2-7-17(14)26-18/h1-7,13,18H,8-12H2/t18-/m1/s1. The summed E-state index contributed by atoms with van der Waals surface area (Å²) in [5.41, 5.74) is 1.00. The topological polar surface area (TPSA) is 66.9 Å². The molecule has 0 unspecified atom stereocenters. The Kier molecular flexibility index (Phi) is 4.61. The number of nitrogens with zero attached hydrogens (tertiary/aromatic N) is 2. The fraction of sp³-hybridized carbons (Fsp3) is 0.316. The number of ether oxygens (including phenoxy) is 1. The molecule has 1 amide bonds. The van der Waals surface area contributed by atoms with Crippen molar-refractivity contribution >= 4 is 15.9 Å². The van der Waals surface area contributed by atoms with Gasteiger partial charge in [-0.15, -0.1) is 0 Å². The molecule has 0 aromatic heterocycles. The lowest BCUT2D eigenvalue weighted by atomic mass is 10.1. The van der Waals surface area contributed by atoms with Crippen LogP contribution in [0.4, 0.5) is 4.39 Å². The maximum Gasteiger partial charge on any atom is 0.264 e. The highest BCUT2D eigenvalue weighted by molar-refractivity contribution is 7.89. The van der Waals surface area contributed by atoms with Gasteiger partial charge in [-0.25, -0.2) is 12.8 Å². The van der Waals surface area contributed by atoms with Crippen LogP contribution in [0.25, 0.3) is 0 Å². The Labute approximate surface area is 157 Å². The number of hydrogen-bond donors (Lipinski definition) is 0. The molecule has 4 rings (SSSR count). The largest absolute Gasteiger partial charge is 0.480 e. The maximum absolute atomic E-state index is 13.4. The molecule has 27 heavy (non-hydrogen) atoms. The van der Waals surface area contributed by atoms with Crippen LogP contribution in [0.2, 0.25) is 0 Å². The molecule has 1 saturated heterocycles. The monoisotopic (exact) mass is 390 g/mol. The number of rotatable bonds is 3. The summed E-state index contributed by atoms with van der Waals surface area (Å²) < 4.78 is 45.7. The lowest BCUT2D eigenvalue weighted by Gasteiger charge is -2.35. The molecule has 2 aliphatic heterocycles. The molecule has 142 valence electrons. The highest BCUT2D eigenvalue weighted by Gasteiger charge is 2.36. The molecule has 0 bridgehead atoms. The average molecular weight is 390 g/mol. The summed E-state index contributed by atoms with van der Waals surface area (Å²) in [6, 6.07) is 12.5. The number of halogens is 1. The van der Waals surface area contributed by atoms with Crippen molar-refractivity contribution < 1.29 is 22.3 Å². The van der Waals surface area contributed by atoms with Crippen LogP contribution in [-0.2, 0) is 21.2 Å². The molecule has 2 aromatic rings. The van der Waals surface area contributed by atoms with Crippen LogP contribution in [0.5, 0.6) is 5.75 Å². The van der Waals surface area contributed by atoms with Crippen molar-refractivity contribution in [2.24, 2.45) is 0 Å². The molecule has 0 N–H and O–H groups in total. The van der Waals surface area contributed by atoms with E-state index >= 15 is 0 Å². The van der Waals surface area contributed by atoms with Crippen molar-refractivity contribution in [1.82, 2.24) is 9.21 Å². The van der Waals surface area contributed by atoms with E-state index in [1.165, 1.54) is 22.5 Å². The SMILES string of the molecule is O=C([C@H]1Cc2ccccc2O1)N1CCN(S(=O)(=O)c2cccc(F)c2)CC1. The van der Waals surface area contributed by atoms with E-state index < -0.39 is 21.9 Å². The van der Waals surface area contributed by atoms with Gasteiger partial charge in [0.25, 0.3) is 5.91 Å². The predicted molar refractivity (Wildman–Crippen MR) is 96.3 cm³/mol. The number of benzene rings is 2. The van der Waals surface area contributed by atoms with E-state index in [4.69, 9.17) is 4.74 Å². The van der Waals surface area contributed by atoms with Crippen molar-refractivity contribution in [3.05, 3.63) is 59.9 Å². The zero-order chi connectivity index (χ0) is 19.0. The normalized spacial score (nSPS) is 20.2. The van der Waals surface area contributed by atoms with E-state index in [2.05, 4.69) is 0 Å². The lowest BCUT2D eigenvalue weighted by molar-refractivity contribution is -0.139. The summed E-state index contributed by atoms with van der Waals surface area (Å²) in [6.45, 7) is 0.904. The molecule has 1 fully saturated rings. The summed E-state index contributed by atoms with van der Waals surface area (Å²) >= 11 is 0. The number of hydrogen-bond acceptors (Lipinski definition) is 4. The third-order valence-corrected chi connectivity index (χ3v) is 6.80. The van der Waals surface area contributed by atoms with Gasteiger partial charge in [-0.2, -0.15) is 4.31 Å². The molecule has 0 spiro atoms. The molecular formula is C19H19FN2O4S. The van der Waals surface area contributed by atoms with Gasteiger partial charge in [0.15, 0.2) is 6.10 Å². The number of piperazine rings is 1. The third kappa shape index (κ3) is 3.42. The van der Waals surface area contributed by atoms with Crippen LogP contribution in [0.15, 0.2) is 53.4 Å². The van der Waals surface area contributed by atoms with Gasteiger partial charge in [0.2, 0.25) is 10.0 Å². The minimum atomic E-state index is -3.77. The second kappa shape index (κ2) is 6.94. The first-order valence-corrected chi connectivity index (χ1v) is 10.2. The van der Waals surface area contributed by atoms with Crippen LogP contribution in [0.3, 0.4) is 0 Å². The summed E-state index contributed by atoms with van der Waals surface area (Å²) in [5.74, 6) is 0.00000794. The second-order valence-corrected chi connectivity index (χ2v) is 8.54. The van der Waals surface area contributed by atoms with E-state index in [0.29, 0.717) is 6.42 Å². The Morgan fingerprint density at radius 3 is 2.48 bits per heavy atom. The van der Waals surface area contributed by atoms with Gasteiger partial charge in [0, 0.05) is 32.6 Å². The van der Waals surface area contributed by atoms with E-state index in [1.54, 1.807) is 4.90 Å². The lowest BCUT2D eigenvalue weighted by Crippen LogP contribution is -2.53. The molecule has 2 aliphatic rings. The van der Waals surface area contributed by atoms with Crippen molar-refractivity contribution in [2.75, 3.05) is 26.2 Å². The summed E-state index contributed by atoms with van der Waals surface area (Å²) in [6.07, 6.45) is -0.0367. The molecule has 8 heteroatoms. The number of fused-ring (bicyclic) bond motifs is 1. The Balaban J connectivity index is 1.40. The first-order valence-electron chi connectivity index (χ1n) is 8.74. The summed E-state index contributed by atoms with van der Waals surface area (Å²) in [4.78, 5) is 14.3. The van der Waals surface area contributed by atoms with Crippen molar-refractivity contribution in [1.29, 1.82) is 0 Å². The van der Waals surface area contributed by atoms with E-state index in [9.17, 15) is 17.6 Å². The first kappa shape index (κ1) is 17.9. The molecule has 1 atom stereocenters. The second-order valence-electron chi connectivity index (χ2n) is 6.61. The fourth-order valence-electron chi connectivity index (χ4n) is 3.45. The number of sulfonamides is 1. The summed E-state index contributed by atoms with van der Waals surface area (Å²) in [5, 5.41) is 0. The summed E-state index contributed by atoms with van der Waals surface area (Å²) in [7, 11) is -3.77. The van der Waals surface area contributed by atoms with Gasteiger partial charge in [-0.1, -0.05) is 24.3 Å². The van der Waals surface area contributed by atoms with Gasteiger partial charge >= 0.3 is 0 Å². The van der Waals surface area contributed by atoms with E-state index in [0.717, 1.165) is 17.4 Å². The van der Waals surface area contributed by atoms with Gasteiger partial charge in [0.1, 0.15) is 11.6 Å². The zero-order valence-corrected chi connectivity index (χ0v) is 15.4. The number of amides is 1. The van der Waals surface area contributed by atoms with Crippen molar-refractivity contribution in [2.45, 2.75) is 17.4 Å². The first-order chi connectivity index (χ1) is 12.9. The highest BCUT2D eigenvalue weighted by Crippen LogP contribution is 2.29. The highest BCUT2D eigenvalue weighted by atomic mass is 32.2. The number of carbonyl (C=O) groups excluding carboxylic acids is 1. The Morgan fingerprint density at radius 1 is 1.04 bits per heavy atom. The molecule has 0 radical (unpaired) electrons. The van der Waals surface area contributed by atoms with Crippen LogP contribution < -0.4 is 4.74 Å². The van der Waals surface area contributed by atoms with Crippen molar-refractivity contribution in [3.8, 4) is 5.75 Å². The minimum absolute atomic E-state index is 0.0724. The smallest absolute Gasteiger partial charge is 0.264 e. The van der Waals surface area contributed by atoms with Gasteiger partial charge in [-0.05, 0) is 29.8 Å². The van der Waals surface area contributed by atoms with Gasteiger partial charge < -0.3 is 9.64 Å². The Hall–Kier alpha value is -2.45. The molecule has 6 nitrogen and oxygen atoms in total. The quantitative estimate of drug-likeness (QED) is 0.800. The zero-order valence-electron chi connectivity index (χ0n) is 14.5.